The van der Waals surface area contributed by atoms with Gasteiger partial charge in [0.15, 0.2) is 0 Å². The van der Waals surface area contributed by atoms with E-state index >= 15 is 0 Å². The third-order valence-corrected chi connectivity index (χ3v) is 4.14. The summed E-state index contributed by atoms with van der Waals surface area (Å²) in [7, 11) is -3.90. The van der Waals surface area contributed by atoms with Crippen molar-refractivity contribution in [3.63, 3.8) is 0 Å². The normalized spacial score (nSPS) is 12.2. The summed E-state index contributed by atoms with van der Waals surface area (Å²) in [5.41, 5.74) is 0.841. The molecule has 0 aliphatic rings. The van der Waals surface area contributed by atoms with Gasteiger partial charge in [-0.05, 0) is 32.8 Å². The molecular formula is C13H19N3O4S. The predicted molar refractivity (Wildman–Crippen MR) is 80.8 cm³/mol. The molecule has 0 aliphatic carbocycles. The van der Waals surface area contributed by atoms with Crippen molar-refractivity contribution in [2.24, 2.45) is 5.10 Å². The van der Waals surface area contributed by atoms with E-state index < -0.39 is 14.9 Å². The molecule has 0 heterocycles. The van der Waals surface area contributed by atoms with E-state index in [0.29, 0.717) is 17.7 Å². The molecule has 1 aromatic rings. The average Bonchev–Trinajstić information content (AvgIpc) is 2.42. The van der Waals surface area contributed by atoms with Crippen molar-refractivity contribution in [3.8, 4) is 0 Å². The van der Waals surface area contributed by atoms with Gasteiger partial charge < -0.3 is 0 Å². The third-order valence-electron chi connectivity index (χ3n) is 2.94. The number of unbranched alkanes of at least 4 members (excludes halogenated alkanes) is 1. The first-order valence-corrected chi connectivity index (χ1v) is 8.06. The molecular weight excluding hydrogens is 294 g/mol. The Morgan fingerprint density at radius 1 is 1.43 bits per heavy atom. The summed E-state index contributed by atoms with van der Waals surface area (Å²) in [6.45, 7) is 5.31. The molecule has 1 rings (SSSR count). The first-order valence-electron chi connectivity index (χ1n) is 6.58. The molecule has 0 unspecified atom stereocenters. The van der Waals surface area contributed by atoms with E-state index in [0.717, 1.165) is 18.9 Å². The lowest BCUT2D eigenvalue weighted by molar-refractivity contribution is -0.385. The zero-order valence-electron chi connectivity index (χ0n) is 12.3. The summed E-state index contributed by atoms with van der Waals surface area (Å²) in [6.07, 6.45) is 2.61. The van der Waals surface area contributed by atoms with E-state index in [1.807, 2.05) is 6.92 Å². The van der Waals surface area contributed by atoms with Gasteiger partial charge in [-0.2, -0.15) is 13.5 Å². The van der Waals surface area contributed by atoms with Gasteiger partial charge >= 0.3 is 0 Å². The summed E-state index contributed by atoms with van der Waals surface area (Å²) >= 11 is 0. The average molecular weight is 313 g/mol. The lowest BCUT2D eigenvalue weighted by Gasteiger charge is -2.06. The van der Waals surface area contributed by atoms with Crippen molar-refractivity contribution in [2.45, 2.75) is 44.9 Å². The highest BCUT2D eigenvalue weighted by Crippen LogP contribution is 2.22. The van der Waals surface area contributed by atoms with Gasteiger partial charge in [0.05, 0.1) is 9.82 Å². The second kappa shape index (κ2) is 7.16. The molecule has 0 radical (unpaired) electrons. The van der Waals surface area contributed by atoms with E-state index in [4.69, 9.17) is 0 Å². The third kappa shape index (κ3) is 4.82. The summed E-state index contributed by atoms with van der Waals surface area (Å²) in [5.74, 6) is 0. The quantitative estimate of drug-likeness (QED) is 0.475. The summed E-state index contributed by atoms with van der Waals surface area (Å²) in [6, 6.07) is 3.76. The van der Waals surface area contributed by atoms with E-state index in [1.165, 1.54) is 12.1 Å². The van der Waals surface area contributed by atoms with Gasteiger partial charge in [-0.3, -0.25) is 10.1 Å². The molecule has 21 heavy (non-hydrogen) atoms. The van der Waals surface area contributed by atoms with Crippen molar-refractivity contribution in [1.29, 1.82) is 0 Å². The Kier molecular flexibility index (Phi) is 5.83. The number of hydrogen-bond donors (Lipinski definition) is 1. The molecule has 7 nitrogen and oxygen atoms in total. The zero-order chi connectivity index (χ0) is 16.0. The molecule has 0 spiro atoms. The number of nitrogens with one attached hydrogen (secondary N) is 1. The van der Waals surface area contributed by atoms with Gasteiger partial charge in [0, 0.05) is 17.3 Å². The number of hydrogen-bond acceptors (Lipinski definition) is 5. The van der Waals surface area contributed by atoms with Crippen molar-refractivity contribution in [2.75, 3.05) is 0 Å². The zero-order valence-corrected chi connectivity index (χ0v) is 13.1. The van der Waals surface area contributed by atoms with Gasteiger partial charge in [0.25, 0.3) is 15.7 Å². The molecule has 116 valence electrons. The Morgan fingerprint density at radius 2 is 2.10 bits per heavy atom. The van der Waals surface area contributed by atoms with Crippen LogP contribution < -0.4 is 4.83 Å². The number of aryl methyl sites for hydroxylation is 1. The molecule has 0 amide bonds. The lowest BCUT2D eigenvalue weighted by atomic mass is 10.2. The topological polar surface area (TPSA) is 102 Å². The second-order valence-corrected chi connectivity index (χ2v) is 6.41. The molecule has 0 atom stereocenters. The largest absolute Gasteiger partial charge is 0.276 e. The van der Waals surface area contributed by atoms with E-state index in [9.17, 15) is 18.5 Å². The predicted octanol–water partition coefficient (Wildman–Crippen LogP) is 2.75. The van der Waals surface area contributed by atoms with Crippen molar-refractivity contribution in [1.82, 2.24) is 4.83 Å². The van der Waals surface area contributed by atoms with Gasteiger partial charge in [0.1, 0.15) is 0 Å². The van der Waals surface area contributed by atoms with Gasteiger partial charge in [-0.15, -0.1) is 0 Å². The molecule has 0 aromatic heterocycles. The van der Waals surface area contributed by atoms with E-state index in [1.54, 1.807) is 13.8 Å². The summed E-state index contributed by atoms with van der Waals surface area (Å²) < 4.78 is 24.1. The number of hydrazone groups is 1. The van der Waals surface area contributed by atoms with Crippen LogP contribution in [0.1, 0.15) is 38.7 Å². The van der Waals surface area contributed by atoms with Crippen LogP contribution in [-0.2, 0) is 10.0 Å². The maximum Gasteiger partial charge on any atom is 0.276 e. The van der Waals surface area contributed by atoms with Crippen LogP contribution in [0.25, 0.3) is 0 Å². The minimum absolute atomic E-state index is 0.174. The number of nitro groups is 1. The summed E-state index contributed by atoms with van der Waals surface area (Å²) in [5, 5.41) is 14.7. The maximum absolute atomic E-state index is 12.1. The molecule has 8 heteroatoms. The Labute approximate surface area is 124 Å². The van der Waals surface area contributed by atoms with E-state index in [2.05, 4.69) is 9.93 Å². The maximum atomic E-state index is 12.1. The highest BCUT2D eigenvalue weighted by molar-refractivity contribution is 7.89. The van der Waals surface area contributed by atoms with E-state index in [-0.39, 0.29) is 10.6 Å². The number of rotatable bonds is 7. The first kappa shape index (κ1) is 17.1. The van der Waals surface area contributed by atoms with Crippen LogP contribution in [-0.4, -0.2) is 19.1 Å². The molecule has 1 aromatic carbocycles. The van der Waals surface area contributed by atoms with Crippen LogP contribution in [0.15, 0.2) is 28.2 Å². The molecule has 1 N–H and O–H groups in total. The molecule has 0 fully saturated rings. The minimum atomic E-state index is -3.90. The monoisotopic (exact) mass is 313 g/mol. The highest BCUT2D eigenvalue weighted by atomic mass is 32.2. The van der Waals surface area contributed by atoms with Crippen LogP contribution >= 0.6 is 0 Å². The molecule has 0 bridgehead atoms. The molecule has 0 saturated carbocycles. The fourth-order valence-electron chi connectivity index (χ4n) is 1.63. The fraction of sp³-hybridized carbons (Fsp3) is 0.462. The smallest absolute Gasteiger partial charge is 0.258 e. The second-order valence-electron chi connectivity index (χ2n) is 4.75. The van der Waals surface area contributed by atoms with Gasteiger partial charge in [-0.25, -0.2) is 4.83 Å². The number of nitro benzene ring substituents is 1. The van der Waals surface area contributed by atoms with Crippen molar-refractivity contribution >= 4 is 21.4 Å². The molecule has 0 saturated heterocycles. The number of sulfonamides is 1. The Balaban J connectivity index is 2.98. The number of nitrogens with zero attached hydrogens (tertiary/aromatic N) is 2. The Morgan fingerprint density at radius 3 is 2.67 bits per heavy atom. The van der Waals surface area contributed by atoms with Crippen LogP contribution in [0.2, 0.25) is 0 Å². The van der Waals surface area contributed by atoms with Gasteiger partial charge in [0.2, 0.25) is 0 Å². The van der Waals surface area contributed by atoms with Crippen molar-refractivity contribution in [3.05, 3.63) is 33.9 Å². The Hall–Kier alpha value is -1.96. The summed E-state index contributed by atoms with van der Waals surface area (Å²) in [4.78, 5) is 12.2. The van der Waals surface area contributed by atoms with Crippen LogP contribution in [0, 0.1) is 17.0 Å². The van der Waals surface area contributed by atoms with Crippen molar-refractivity contribution < 1.29 is 13.3 Å². The lowest BCUT2D eigenvalue weighted by Crippen LogP contribution is -2.20. The highest BCUT2D eigenvalue weighted by Gasteiger charge is 2.19. The Bertz CT molecular complexity index is 653. The first-order chi connectivity index (χ1) is 9.77. The minimum Gasteiger partial charge on any atom is -0.258 e. The number of benzene rings is 1. The standard InChI is InChI=1S/C13H19N3O4S/c1-4-5-6-11(3)14-15-21(19,20)12-8-7-10(2)13(9-12)16(17)18/h7-9,15H,4-6H2,1-3H3/b14-11-. The van der Waals surface area contributed by atoms with Crippen LogP contribution in [0.5, 0.6) is 0 Å². The van der Waals surface area contributed by atoms with Gasteiger partial charge in [-0.1, -0.05) is 19.4 Å². The molecule has 0 aliphatic heterocycles. The van der Waals surface area contributed by atoms with Crippen LogP contribution in [0.4, 0.5) is 5.69 Å². The SMILES string of the molecule is CCCC/C(C)=N\NS(=O)(=O)c1ccc(C)c([N+](=O)[O-])c1. The van der Waals surface area contributed by atoms with Crippen LogP contribution in [0.3, 0.4) is 0 Å². The fourth-order valence-corrected chi connectivity index (χ4v) is 2.53.